The van der Waals surface area contributed by atoms with E-state index in [4.69, 9.17) is 9.72 Å². The molecule has 0 radical (unpaired) electrons. The first kappa shape index (κ1) is 13.3. The third-order valence-electron chi connectivity index (χ3n) is 3.20. The van der Waals surface area contributed by atoms with Crippen molar-refractivity contribution in [1.82, 2.24) is 9.97 Å². The lowest BCUT2D eigenvalue weighted by atomic mass is 10.0. The third kappa shape index (κ3) is 3.42. The van der Waals surface area contributed by atoms with Crippen molar-refractivity contribution in [3.05, 3.63) is 17.6 Å². The predicted octanol–water partition coefficient (Wildman–Crippen LogP) is 2.61. The van der Waals surface area contributed by atoms with Crippen LogP contribution in [0, 0.1) is 5.92 Å². The van der Waals surface area contributed by atoms with E-state index < -0.39 is 0 Å². The van der Waals surface area contributed by atoms with E-state index in [2.05, 4.69) is 24.1 Å². The minimum atomic E-state index is 0.359. The fraction of sp³-hybridized carbons (Fsp3) is 0.714. The van der Waals surface area contributed by atoms with Crippen molar-refractivity contribution in [3.8, 4) is 0 Å². The maximum absolute atomic E-state index is 5.53. The van der Waals surface area contributed by atoms with E-state index in [-0.39, 0.29) is 0 Å². The Morgan fingerprint density at radius 1 is 1.44 bits per heavy atom. The molecule has 1 N–H and O–H groups in total. The van der Waals surface area contributed by atoms with Gasteiger partial charge in [-0.25, -0.2) is 9.97 Å². The van der Waals surface area contributed by atoms with Crippen LogP contribution in [0.25, 0.3) is 0 Å². The van der Waals surface area contributed by atoms with E-state index in [1.54, 1.807) is 0 Å². The van der Waals surface area contributed by atoms with Crippen LogP contribution in [0.15, 0.2) is 6.07 Å². The molecular weight excluding hydrogens is 226 g/mol. The van der Waals surface area contributed by atoms with Crippen LogP contribution in [0.5, 0.6) is 0 Å². The molecule has 0 amide bonds. The minimum Gasteiger partial charge on any atom is -0.381 e. The van der Waals surface area contributed by atoms with Crippen molar-refractivity contribution >= 4 is 5.82 Å². The summed E-state index contributed by atoms with van der Waals surface area (Å²) in [7, 11) is 1.91. The molecule has 1 fully saturated rings. The van der Waals surface area contributed by atoms with Gasteiger partial charge >= 0.3 is 0 Å². The molecule has 1 aliphatic heterocycles. The molecular formula is C14H23N3O. The molecule has 18 heavy (non-hydrogen) atoms. The van der Waals surface area contributed by atoms with Gasteiger partial charge in [-0.3, -0.25) is 0 Å². The first-order chi connectivity index (χ1) is 8.69. The molecule has 1 aromatic rings. The van der Waals surface area contributed by atoms with Crippen LogP contribution in [0.4, 0.5) is 5.82 Å². The van der Waals surface area contributed by atoms with E-state index in [9.17, 15) is 0 Å². The van der Waals surface area contributed by atoms with Crippen molar-refractivity contribution in [3.63, 3.8) is 0 Å². The lowest BCUT2D eigenvalue weighted by Crippen LogP contribution is -2.19. The first-order valence-corrected chi connectivity index (χ1v) is 6.82. The quantitative estimate of drug-likeness (QED) is 0.891. The zero-order chi connectivity index (χ0) is 13.0. The maximum atomic E-state index is 5.53. The highest BCUT2D eigenvalue weighted by atomic mass is 16.5. The molecule has 0 saturated carbocycles. The Labute approximate surface area is 109 Å². The van der Waals surface area contributed by atoms with Gasteiger partial charge in [0.2, 0.25) is 0 Å². The topological polar surface area (TPSA) is 47.0 Å². The molecule has 4 heteroatoms. The monoisotopic (exact) mass is 249 g/mol. The van der Waals surface area contributed by atoms with Crippen LogP contribution in [-0.4, -0.2) is 30.2 Å². The zero-order valence-electron chi connectivity index (χ0n) is 11.6. The largest absolute Gasteiger partial charge is 0.381 e. The number of rotatable bonds is 4. The van der Waals surface area contributed by atoms with E-state index in [1.807, 2.05) is 13.1 Å². The molecule has 100 valence electrons. The average molecular weight is 249 g/mol. The summed E-state index contributed by atoms with van der Waals surface area (Å²) in [5.41, 5.74) is 1.13. The summed E-state index contributed by atoms with van der Waals surface area (Å²) in [4.78, 5) is 9.29. The summed E-state index contributed by atoms with van der Waals surface area (Å²) < 4.78 is 5.53. The molecule has 0 bridgehead atoms. The van der Waals surface area contributed by atoms with Crippen molar-refractivity contribution in [1.29, 1.82) is 0 Å². The molecule has 0 spiro atoms. The van der Waals surface area contributed by atoms with Gasteiger partial charge in [-0.2, -0.15) is 0 Å². The van der Waals surface area contributed by atoms with Gasteiger partial charge in [-0.05, 0) is 25.2 Å². The molecule has 0 aromatic carbocycles. The molecule has 1 aliphatic rings. The molecule has 1 atom stereocenters. The Bertz CT molecular complexity index is 387. The smallest absolute Gasteiger partial charge is 0.136 e. The molecule has 1 unspecified atom stereocenters. The van der Waals surface area contributed by atoms with E-state index in [0.29, 0.717) is 11.8 Å². The highest BCUT2D eigenvalue weighted by Gasteiger charge is 2.20. The molecule has 0 aliphatic carbocycles. The molecule has 1 aromatic heterocycles. The summed E-state index contributed by atoms with van der Waals surface area (Å²) >= 11 is 0. The Hall–Kier alpha value is -1.16. The number of hydrogen-bond acceptors (Lipinski definition) is 4. The lowest BCUT2D eigenvalue weighted by Gasteiger charge is -2.21. The second-order valence-electron chi connectivity index (χ2n) is 5.36. The maximum Gasteiger partial charge on any atom is 0.136 e. The summed E-state index contributed by atoms with van der Waals surface area (Å²) in [6.45, 7) is 6.06. The fourth-order valence-corrected chi connectivity index (χ4v) is 2.30. The minimum absolute atomic E-state index is 0.359. The van der Waals surface area contributed by atoms with Gasteiger partial charge in [-0.1, -0.05) is 13.8 Å². The summed E-state index contributed by atoms with van der Waals surface area (Å²) in [5.74, 6) is 2.83. The first-order valence-electron chi connectivity index (χ1n) is 6.82. The van der Waals surface area contributed by atoms with Gasteiger partial charge in [0.25, 0.3) is 0 Å². The van der Waals surface area contributed by atoms with Crippen LogP contribution in [0.2, 0.25) is 0 Å². The summed E-state index contributed by atoms with van der Waals surface area (Å²) in [6, 6.07) is 2.05. The van der Waals surface area contributed by atoms with Gasteiger partial charge in [0.1, 0.15) is 11.6 Å². The number of nitrogens with one attached hydrogen (secondary N) is 1. The number of hydrogen-bond donors (Lipinski definition) is 1. The normalized spacial score (nSPS) is 20.1. The molecule has 2 heterocycles. The number of aromatic nitrogens is 2. The second kappa shape index (κ2) is 6.14. The highest BCUT2D eigenvalue weighted by Crippen LogP contribution is 2.24. The van der Waals surface area contributed by atoms with Crippen LogP contribution >= 0.6 is 0 Å². The van der Waals surface area contributed by atoms with E-state index in [1.165, 1.54) is 0 Å². The van der Waals surface area contributed by atoms with Crippen LogP contribution < -0.4 is 5.32 Å². The molecule has 2 rings (SSSR count). The van der Waals surface area contributed by atoms with Crippen LogP contribution in [0.1, 0.15) is 44.1 Å². The number of anilines is 1. The predicted molar refractivity (Wildman–Crippen MR) is 72.9 cm³/mol. The zero-order valence-corrected chi connectivity index (χ0v) is 11.6. The van der Waals surface area contributed by atoms with E-state index in [0.717, 1.165) is 49.8 Å². The third-order valence-corrected chi connectivity index (χ3v) is 3.20. The van der Waals surface area contributed by atoms with Crippen molar-refractivity contribution in [2.24, 2.45) is 5.92 Å². The van der Waals surface area contributed by atoms with Crippen molar-refractivity contribution in [2.75, 3.05) is 25.6 Å². The highest BCUT2D eigenvalue weighted by molar-refractivity contribution is 5.35. The van der Waals surface area contributed by atoms with Gasteiger partial charge in [-0.15, -0.1) is 0 Å². The average Bonchev–Trinajstić information content (AvgIpc) is 2.38. The van der Waals surface area contributed by atoms with Gasteiger partial charge in [0.15, 0.2) is 0 Å². The lowest BCUT2D eigenvalue weighted by molar-refractivity contribution is 0.0780. The van der Waals surface area contributed by atoms with Gasteiger partial charge in [0.05, 0.1) is 6.61 Å². The Balaban J connectivity index is 2.22. The van der Waals surface area contributed by atoms with Crippen LogP contribution in [-0.2, 0) is 11.2 Å². The second-order valence-corrected chi connectivity index (χ2v) is 5.36. The SMILES string of the molecule is CNc1cc(CC(C)C)nc(C2CCCOC2)n1. The van der Waals surface area contributed by atoms with Gasteiger partial charge < -0.3 is 10.1 Å². The van der Waals surface area contributed by atoms with Crippen molar-refractivity contribution in [2.45, 2.75) is 39.0 Å². The van der Waals surface area contributed by atoms with Crippen molar-refractivity contribution < 1.29 is 4.74 Å². The summed E-state index contributed by atoms with van der Waals surface area (Å²) in [5, 5.41) is 3.13. The Kier molecular flexibility index (Phi) is 4.53. The summed E-state index contributed by atoms with van der Waals surface area (Å²) in [6.07, 6.45) is 3.24. The molecule has 4 nitrogen and oxygen atoms in total. The van der Waals surface area contributed by atoms with Gasteiger partial charge in [0, 0.05) is 31.3 Å². The number of ether oxygens (including phenoxy) is 1. The van der Waals surface area contributed by atoms with Crippen LogP contribution in [0.3, 0.4) is 0 Å². The standard InChI is InChI=1S/C14H23N3O/c1-10(2)7-12-8-13(15-3)17-14(16-12)11-5-4-6-18-9-11/h8,10-11H,4-7,9H2,1-3H3,(H,15,16,17). The Morgan fingerprint density at radius 2 is 2.28 bits per heavy atom. The molecule has 1 saturated heterocycles. The fourth-order valence-electron chi connectivity index (χ4n) is 2.30. The van der Waals surface area contributed by atoms with E-state index >= 15 is 0 Å². The Morgan fingerprint density at radius 3 is 2.89 bits per heavy atom. The number of nitrogens with zero attached hydrogens (tertiary/aromatic N) is 2.